The fourth-order valence-corrected chi connectivity index (χ4v) is 2.21. The third-order valence-corrected chi connectivity index (χ3v) is 3.21. The largest absolute Gasteiger partial charge is 0.318 e. The number of carbonyl (C=O) groups is 2. The van der Waals surface area contributed by atoms with Gasteiger partial charge in [-0.25, -0.2) is 4.68 Å². The molecule has 0 bridgehead atoms. The van der Waals surface area contributed by atoms with E-state index in [0.29, 0.717) is 11.5 Å². The van der Waals surface area contributed by atoms with Crippen LogP contribution in [0.2, 0.25) is 0 Å². The maximum absolute atomic E-state index is 12.4. The van der Waals surface area contributed by atoms with Gasteiger partial charge in [0.15, 0.2) is 5.69 Å². The van der Waals surface area contributed by atoms with Gasteiger partial charge in [-0.15, -0.1) is 0 Å². The molecule has 0 unspecified atom stereocenters. The van der Waals surface area contributed by atoms with Crippen molar-refractivity contribution >= 4 is 23.3 Å². The molecule has 8 nitrogen and oxygen atoms in total. The Morgan fingerprint density at radius 2 is 1.88 bits per heavy atom. The zero-order valence-electron chi connectivity index (χ0n) is 13.2. The minimum absolute atomic E-state index is 0.187. The van der Waals surface area contributed by atoms with E-state index >= 15 is 0 Å². The van der Waals surface area contributed by atoms with E-state index < -0.39 is 0 Å². The number of nitrogens with one attached hydrogen (secondary N) is 2. The summed E-state index contributed by atoms with van der Waals surface area (Å²) in [5, 5.41) is 13.7. The Hall–Kier alpha value is -3.42. The predicted octanol–water partition coefficient (Wildman–Crippen LogP) is 1.82. The molecule has 2 amide bonds. The third kappa shape index (κ3) is 3.32. The second-order valence-corrected chi connectivity index (χ2v) is 5.20. The van der Waals surface area contributed by atoms with Gasteiger partial charge in [-0.3, -0.25) is 14.3 Å². The zero-order chi connectivity index (χ0) is 17.1. The van der Waals surface area contributed by atoms with E-state index in [-0.39, 0.29) is 17.5 Å². The Morgan fingerprint density at radius 1 is 1.12 bits per heavy atom. The molecule has 0 aliphatic heterocycles. The Labute approximate surface area is 138 Å². The molecular formula is C16H16N6O2. The maximum atomic E-state index is 12.4. The van der Waals surface area contributed by atoms with Crippen LogP contribution in [0.5, 0.6) is 0 Å². The Balaban J connectivity index is 1.92. The van der Waals surface area contributed by atoms with Gasteiger partial charge in [-0.2, -0.15) is 10.2 Å². The van der Waals surface area contributed by atoms with Crippen LogP contribution in [0.4, 0.5) is 11.5 Å². The van der Waals surface area contributed by atoms with Gasteiger partial charge in [0.05, 0.1) is 17.6 Å². The Morgan fingerprint density at radius 3 is 2.50 bits per heavy atom. The van der Waals surface area contributed by atoms with Gasteiger partial charge in [-0.1, -0.05) is 18.2 Å². The van der Waals surface area contributed by atoms with Crippen molar-refractivity contribution in [3.05, 3.63) is 54.5 Å². The van der Waals surface area contributed by atoms with Crippen LogP contribution in [0.15, 0.2) is 48.8 Å². The topological polar surface area (TPSA) is 93.8 Å². The summed E-state index contributed by atoms with van der Waals surface area (Å²) in [5.41, 5.74) is 1.49. The molecule has 122 valence electrons. The molecule has 0 saturated carbocycles. The van der Waals surface area contributed by atoms with E-state index in [4.69, 9.17) is 0 Å². The standard InChI is InChI=1S/C16H16N6O2/c1-11(23)18-15-8-14(16(24)19-12-9-17-21(2)10-12)20-22(15)13-6-4-3-5-7-13/h3-10H,1-2H3,(H,18,23)(H,19,24). The summed E-state index contributed by atoms with van der Waals surface area (Å²) < 4.78 is 3.10. The Kier molecular flexibility index (Phi) is 4.11. The lowest BCUT2D eigenvalue weighted by atomic mass is 10.3. The number of nitrogens with zero attached hydrogens (tertiary/aromatic N) is 4. The van der Waals surface area contributed by atoms with Crippen LogP contribution in [0.3, 0.4) is 0 Å². The number of hydrogen-bond acceptors (Lipinski definition) is 4. The average molecular weight is 324 g/mol. The molecule has 2 N–H and O–H groups in total. The molecule has 3 rings (SSSR count). The quantitative estimate of drug-likeness (QED) is 0.765. The second kappa shape index (κ2) is 6.37. The molecule has 3 aromatic rings. The van der Waals surface area contributed by atoms with Crippen LogP contribution in [-0.2, 0) is 11.8 Å². The number of carbonyl (C=O) groups excluding carboxylic acids is 2. The van der Waals surface area contributed by atoms with Gasteiger partial charge in [-0.05, 0) is 12.1 Å². The van der Waals surface area contributed by atoms with Crippen molar-refractivity contribution in [2.75, 3.05) is 10.6 Å². The van der Waals surface area contributed by atoms with E-state index in [1.165, 1.54) is 17.7 Å². The SMILES string of the molecule is CC(=O)Nc1cc(C(=O)Nc2cnn(C)c2)nn1-c1ccccc1. The molecule has 0 radical (unpaired) electrons. The van der Waals surface area contributed by atoms with Crippen molar-refractivity contribution in [1.29, 1.82) is 0 Å². The first-order valence-corrected chi connectivity index (χ1v) is 7.26. The number of aryl methyl sites for hydroxylation is 1. The molecule has 24 heavy (non-hydrogen) atoms. The summed E-state index contributed by atoms with van der Waals surface area (Å²) in [5.74, 6) is -0.208. The van der Waals surface area contributed by atoms with Crippen LogP contribution in [-0.4, -0.2) is 31.4 Å². The van der Waals surface area contributed by atoms with Crippen molar-refractivity contribution < 1.29 is 9.59 Å². The number of benzene rings is 1. The molecule has 0 atom stereocenters. The Bertz CT molecular complexity index is 881. The lowest BCUT2D eigenvalue weighted by Gasteiger charge is -2.06. The van der Waals surface area contributed by atoms with Crippen molar-refractivity contribution in [2.24, 2.45) is 7.05 Å². The summed E-state index contributed by atoms with van der Waals surface area (Å²) in [6.07, 6.45) is 3.22. The van der Waals surface area contributed by atoms with Crippen molar-refractivity contribution in [1.82, 2.24) is 19.6 Å². The van der Waals surface area contributed by atoms with Gasteiger partial charge in [0.1, 0.15) is 5.82 Å². The lowest BCUT2D eigenvalue weighted by Crippen LogP contribution is -2.13. The normalized spacial score (nSPS) is 10.4. The molecule has 0 saturated heterocycles. The van der Waals surface area contributed by atoms with E-state index in [1.54, 1.807) is 24.1 Å². The van der Waals surface area contributed by atoms with E-state index in [2.05, 4.69) is 20.8 Å². The number of anilines is 2. The van der Waals surface area contributed by atoms with Crippen molar-refractivity contribution in [2.45, 2.75) is 6.92 Å². The zero-order valence-corrected chi connectivity index (χ0v) is 13.2. The molecule has 2 heterocycles. The smallest absolute Gasteiger partial charge is 0.276 e. The first-order valence-electron chi connectivity index (χ1n) is 7.26. The second-order valence-electron chi connectivity index (χ2n) is 5.20. The van der Waals surface area contributed by atoms with E-state index in [1.807, 2.05) is 30.3 Å². The van der Waals surface area contributed by atoms with Crippen LogP contribution in [0.25, 0.3) is 5.69 Å². The molecule has 0 fully saturated rings. The molecule has 0 aliphatic carbocycles. The fourth-order valence-electron chi connectivity index (χ4n) is 2.21. The highest BCUT2D eigenvalue weighted by Gasteiger charge is 2.16. The number of rotatable bonds is 4. The molecule has 0 spiro atoms. The average Bonchev–Trinajstić information content (AvgIpc) is 3.14. The fraction of sp³-hybridized carbons (Fsp3) is 0.125. The maximum Gasteiger partial charge on any atom is 0.276 e. The van der Waals surface area contributed by atoms with E-state index in [9.17, 15) is 9.59 Å². The molecule has 8 heteroatoms. The van der Waals surface area contributed by atoms with Crippen LogP contribution < -0.4 is 10.6 Å². The molecular weight excluding hydrogens is 308 g/mol. The van der Waals surface area contributed by atoms with Crippen molar-refractivity contribution in [3.63, 3.8) is 0 Å². The van der Waals surface area contributed by atoms with Crippen LogP contribution in [0, 0.1) is 0 Å². The lowest BCUT2D eigenvalue weighted by molar-refractivity contribution is -0.114. The summed E-state index contributed by atoms with van der Waals surface area (Å²) >= 11 is 0. The number of aromatic nitrogens is 4. The van der Waals surface area contributed by atoms with E-state index in [0.717, 1.165) is 5.69 Å². The molecule has 0 aliphatic rings. The van der Waals surface area contributed by atoms with Crippen LogP contribution >= 0.6 is 0 Å². The highest BCUT2D eigenvalue weighted by molar-refractivity contribution is 6.03. The first kappa shape index (κ1) is 15.5. The number of para-hydroxylation sites is 1. The van der Waals surface area contributed by atoms with Crippen molar-refractivity contribution in [3.8, 4) is 5.69 Å². The monoisotopic (exact) mass is 324 g/mol. The predicted molar refractivity (Wildman–Crippen MR) is 89.0 cm³/mol. The molecule has 1 aromatic carbocycles. The number of amides is 2. The summed E-state index contributed by atoms with van der Waals surface area (Å²) in [6.45, 7) is 1.40. The minimum atomic E-state index is -0.385. The summed E-state index contributed by atoms with van der Waals surface area (Å²) in [6, 6.07) is 10.8. The first-order chi connectivity index (χ1) is 11.5. The van der Waals surface area contributed by atoms with Gasteiger partial charge in [0.2, 0.25) is 5.91 Å². The van der Waals surface area contributed by atoms with Gasteiger partial charge < -0.3 is 10.6 Å². The van der Waals surface area contributed by atoms with Gasteiger partial charge >= 0.3 is 0 Å². The number of hydrogen-bond donors (Lipinski definition) is 2. The minimum Gasteiger partial charge on any atom is -0.318 e. The van der Waals surface area contributed by atoms with Gasteiger partial charge in [0, 0.05) is 26.2 Å². The summed E-state index contributed by atoms with van der Waals surface area (Å²) in [4.78, 5) is 23.8. The van der Waals surface area contributed by atoms with Crippen LogP contribution in [0.1, 0.15) is 17.4 Å². The highest BCUT2D eigenvalue weighted by Crippen LogP contribution is 2.18. The summed E-state index contributed by atoms with van der Waals surface area (Å²) in [7, 11) is 1.76. The highest BCUT2D eigenvalue weighted by atomic mass is 16.2. The van der Waals surface area contributed by atoms with Gasteiger partial charge in [0.25, 0.3) is 5.91 Å². The third-order valence-electron chi connectivity index (χ3n) is 3.21. The molecule has 2 aromatic heterocycles.